The number of carbonyl (C=O) groups is 2. The molecule has 1 heterocycles. The molecule has 3 aromatic rings. The first-order chi connectivity index (χ1) is 14.2. The average Bonchev–Trinajstić information content (AvgIpc) is 2.70. The monoisotopic (exact) mass is 447 g/mol. The molecule has 0 atom stereocenters. The number of para-hydroxylation sites is 1. The molecule has 10 heteroatoms. The van der Waals surface area contributed by atoms with Gasteiger partial charge in [0.05, 0.1) is 10.4 Å². The second-order valence-corrected chi connectivity index (χ2v) is 8.45. The topological polar surface area (TPSA) is 114 Å². The number of carbonyl (C=O) groups excluding carboxylic acids is 2. The molecule has 1 aromatic heterocycles. The Balaban J connectivity index is 1.57. The maximum absolute atomic E-state index is 12.3. The molecular formula is C20H18ClN3O5S. The van der Waals surface area contributed by atoms with Crippen molar-refractivity contribution in [3.8, 4) is 0 Å². The van der Waals surface area contributed by atoms with E-state index in [4.69, 9.17) is 16.3 Å². The summed E-state index contributed by atoms with van der Waals surface area (Å²) in [5.74, 6) is -1.04. The SMILES string of the molecule is CC(=O)Nc1ccc(S(=O)(=O)NCC(=O)OCc2cc3ccccc3nc2Cl)cc1. The molecule has 8 nitrogen and oxygen atoms in total. The molecule has 3 rings (SSSR count). The van der Waals surface area contributed by atoms with Gasteiger partial charge in [0.15, 0.2) is 0 Å². The summed E-state index contributed by atoms with van der Waals surface area (Å²) in [6.45, 7) is 0.663. The molecule has 0 aliphatic heterocycles. The highest BCUT2D eigenvalue weighted by Gasteiger charge is 2.17. The maximum atomic E-state index is 12.3. The Morgan fingerprint density at radius 3 is 2.50 bits per heavy atom. The van der Waals surface area contributed by atoms with Crippen LogP contribution in [0.2, 0.25) is 5.15 Å². The number of anilines is 1. The van der Waals surface area contributed by atoms with Crippen molar-refractivity contribution in [2.45, 2.75) is 18.4 Å². The van der Waals surface area contributed by atoms with E-state index in [1.807, 2.05) is 24.3 Å². The Bertz CT molecular complexity index is 1200. The minimum absolute atomic E-state index is 0.0498. The number of nitrogens with zero attached hydrogens (tertiary/aromatic N) is 1. The number of esters is 1. The Morgan fingerprint density at radius 1 is 1.10 bits per heavy atom. The minimum Gasteiger partial charge on any atom is -0.460 e. The van der Waals surface area contributed by atoms with E-state index < -0.39 is 22.5 Å². The number of rotatable bonds is 7. The number of amides is 1. The molecule has 30 heavy (non-hydrogen) atoms. The van der Waals surface area contributed by atoms with E-state index in [1.165, 1.54) is 31.2 Å². The number of pyridine rings is 1. The van der Waals surface area contributed by atoms with Gasteiger partial charge >= 0.3 is 5.97 Å². The first kappa shape index (κ1) is 21.7. The zero-order valence-corrected chi connectivity index (χ0v) is 17.5. The van der Waals surface area contributed by atoms with E-state index in [1.54, 1.807) is 6.07 Å². The van der Waals surface area contributed by atoms with Crippen LogP contribution in [0.3, 0.4) is 0 Å². The first-order valence-corrected chi connectivity index (χ1v) is 10.7. The molecular weight excluding hydrogens is 430 g/mol. The van der Waals surface area contributed by atoms with Crippen LogP contribution in [0.25, 0.3) is 10.9 Å². The van der Waals surface area contributed by atoms with Gasteiger partial charge in [0.25, 0.3) is 0 Å². The molecule has 156 valence electrons. The van der Waals surface area contributed by atoms with Crippen LogP contribution in [0, 0.1) is 0 Å². The van der Waals surface area contributed by atoms with Gasteiger partial charge < -0.3 is 10.1 Å². The number of nitrogens with one attached hydrogen (secondary N) is 2. The van der Waals surface area contributed by atoms with Gasteiger partial charge in [0.1, 0.15) is 18.3 Å². The van der Waals surface area contributed by atoms with E-state index in [-0.39, 0.29) is 22.6 Å². The highest BCUT2D eigenvalue weighted by Crippen LogP contribution is 2.21. The molecule has 0 aliphatic rings. The predicted molar refractivity (Wildman–Crippen MR) is 112 cm³/mol. The Morgan fingerprint density at radius 2 is 1.80 bits per heavy atom. The fourth-order valence-electron chi connectivity index (χ4n) is 2.60. The predicted octanol–water partition coefficient (Wildman–Crippen LogP) is 2.87. The van der Waals surface area contributed by atoms with Crippen molar-refractivity contribution >= 4 is 50.1 Å². The van der Waals surface area contributed by atoms with E-state index in [2.05, 4.69) is 15.0 Å². The average molecular weight is 448 g/mol. The van der Waals surface area contributed by atoms with Gasteiger partial charge in [0, 0.05) is 23.6 Å². The number of fused-ring (bicyclic) bond motifs is 1. The standard InChI is InChI=1S/C20H18ClN3O5S/c1-13(25)23-16-6-8-17(9-7-16)30(27,28)22-11-19(26)29-12-15-10-14-4-2-3-5-18(14)24-20(15)21/h2-10,22H,11-12H2,1H3,(H,23,25). The summed E-state index contributed by atoms with van der Waals surface area (Å²) >= 11 is 6.12. The Labute approximate surface area is 178 Å². The zero-order chi connectivity index (χ0) is 21.7. The molecule has 2 aromatic carbocycles. The minimum atomic E-state index is -3.92. The molecule has 1 amide bonds. The molecule has 0 spiro atoms. The van der Waals surface area contributed by atoms with Gasteiger partial charge in [-0.05, 0) is 36.4 Å². The van der Waals surface area contributed by atoms with E-state index in [9.17, 15) is 18.0 Å². The number of benzene rings is 2. The third-order valence-corrected chi connectivity index (χ3v) is 5.77. The van der Waals surface area contributed by atoms with Crippen molar-refractivity contribution in [3.05, 3.63) is 65.3 Å². The lowest BCUT2D eigenvalue weighted by atomic mass is 10.2. The highest BCUT2D eigenvalue weighted by atomic mass is 35.5. The van der Waals surface area contributed by atoms with Crippen LogP contribution in [0.4, 0.5) is 5.69 Å². The molecule has 0 bridgehead atoms. The maximum Gasteiger partial charge on any atom is 0.321 e. The summed E-state index contributed by atoms with van der Waals surface area (Å²) in [6, 6.07) is 14.7. The molecule has 0 saturated heterocycles. The van der Waals surface area contributed by atoms with E-state index in [0.29, 0.717) is 11.3 Å². The van der Waals surface area contributed by atoms with Crippen LogP contribution in [0.5, 0.6) is 0 Å². The molecule has 0 aliphatic carbocycles. The smallest absolute Gasteiger partial charge is 0.321 e. The quantitative estimate of drug-likeness (QED) is 0.425. The van der Waals surface area contributed by atoms with Crippen molar-refractivity contribution in [1.29, 1.82) is 0 Å². The highest BCUT2D eigenvalue weighted by molar-refractivity contribution is 7.89. The van der Waals surface area contributed by atoms with Crippen molar-refractivity contribution in [3.63, 3.8) is 0 Å². The third kappa shape index (κ3) is 5.53. The largest absolute Gasteiger partial charge is 0.460 e. The fourth-order valence-corrected chi connectivity index (χ4v) is 3.77. The van der Waals surface area contributed by atoms with Crippen LogP contribution in [-0.2, 0) is 31.0 Å². The van der Waals surface area contributed by atoms with Gasteiger partial charge in [-0.25, -0.2) is 13.4 Å². The summed E-state index contributed by atoms with van der Waals surface area (Å²) in [5.41, 5.74) is 1.69. The van der Waals surface area contributed by atoms with Gasteiger partial charge in [-0.3, -0.25) is 9.59 Å². The van der Waals surface area contributed by atoms with Crippen molar-refractivity contribution in [2.75, 3.05) is 11.9 Å². The zero-order valence-electron chi connectivity index (χ0n) is 15.9. The van der Waals surface area contributed by atoms with Crippen LogP contribution in [0.1, 0.15) is 12.5 Å². The number of halogens is 1. The summed E-state index contributed by atoms with van der Waals surface area (Å²) < 4.78 is 31.9. The summed E-state index contributed by atoms with van der Waals surface area (Å²) in [7, 11) is -3.92. The molecule has 0 fully saturated rings. The first-order valence-electron chi connectivity index (χ1n) is 8.82. The van der Waals surface area contributed by atoms with Gasteiger partial charge in [0.2, 0.25) is 15.9 Å². The van der Waals surface area contributed by atoms with Crippen LogP contribution in [-0.4, -0.2) is 31.8 Å². The Hall–Kier alpha value is -3.01. The number of sulfonamides is 1. The summed E-state index contributed by atoms with van der Waals surface area (Å²) in [4.78, 5) is 27.2. The van der Waals surface area contributed by atoms with Crippen molar-refractivity contribution < 1.29 is 22.7 Å². The van der Waals surface area contributed by atoms with Crippen LogP contribution in [0.15, 0.2) is 59.5 Å². The fraction of sp³-hybridized carbons (Fsp3) is 0.150. The summed E-state index contributed by atoms with van der Waals surface area (Å²) in [6.07, 6.45) is 0. The molecule has 0 saturated carbocycles. The second-order valence-electron chi connectivity index (χ2n) is 6.32. The molecule has 0 radical (unpaired) electrons. The van der Waals surface area contributed by atoms with Gasteiger partial charge in [-0.15, -0.1) is 0 Å². The number of hydrogen-bond acceptors (Lipinski definition) is 6. The van der Waals surface area contributed by atoms with Gasteiger partial charge in [-0.1, -0.05) is 29.8 Å². The second kappa shape index (κ2) is 9.21. The number of aromatic nitrogens is 1. The van der Waals surface area contributed by atoms with E-state index in [0.717, 1.165) is 10.9 Å². The third-order valence-electron chi connectivity index (χ3n) is 4.03. The summed E-state index contributed by atoms with van der Waals surface area (Å²) in [5, 5.41) is 3.59. The van der Waals surface area contributed by atoms with Crippen LogP contribution >= 0.6 is 11.6 Å². The van der Waals surface area contributed by atoms with Crippen LogP contribution < -0.4 is 10.0 Å². The van der Waals surface area contributed by atoms with E-state index >= 15 is 0 Å². The number of ether oxygens (including phenoxy) is 1. The molecule has 0 unspecified atom stereocenters. The lowest BCUT2D eigenvalue weighted by Crippen LogP contribution is -2.30. The van der Waals surface area contributed by atoms with Crippen molar-refractivity contribution in [2.24, 2.45) is 0 Å². The van der Waals surface area contributed by atoms with Crippen molar-refractivity contribution in [1.82, 2.24) is 9.71 Å². The lowest BCUT2D eigenvalue weighted by Gasteiger charge is -2.09. The number of hydrogen-bond donors (Lipinski definition) is 2. The normalized spacial score (nSPS) is 11.3. The van der Waals surface area contributed by atoms with Gasteiger partial charge in [-0.2, -0.15) is 4.72 Å². The molecule has 2 N–H and O–H groups in total. The Kier molecular flexibility index (Phi) is 6.66. The lowest BCUT2D eigenvalue weighted by molar-refractivity contribution is -0.143.